The lowest BCUT2D eigenvalue weighted by Gasteiger charge is -2.09. The van der Waals surface area contributed by atoms with Crippen LogP contribution in [0.4, 0.5) is 0 Å². The Hall–Kier alpha value is -0.630. The van der Waals surface area contributed by atoms with Gasteiger partial charge in [-0.25, -0.2) is 0 Å². The first-order valence-corrected chi connectivity index (χ1v) is 5.13. The molecule has 0 radical (unpaired) electrons. The van der Waals surface area contributed by atoms with Crippen LogP contribution in [0.3, 0.4) is 0 Å². The summed E-state index contributed by atoms with van der Waals surface area (Å²) in [6.45, 7) is 7.33. The van der Waals surface area contributed by atoms with Gasteiger partial charge >= 0.3 is 0 Å². The van der Waals surface area contributed by atoms with Gasteiger partial charge in [0.15, 0.2) is 0 Å². The SMILES string of the molecule is CCNC(C#N)CCOCCOCC. The molecule has 4 heteroatoms. The molecule has 4 nitrogen and oxygen atoms in total. The van der Waals surface area contributed by atoms with Crippen LogP contribution in [0.2, 0.25) is 0 Å². The molecule has 0 aromatic carbocycles. The van der Waals surface area contributed by atoms with Crippen molar-refractivity contribution in [3.8, 4) is 6.07 Å². The molecular formula is C10H20N2O2. The fourth-order valence-electron chi connectivity index (χ4n) is 1.02. The maximum atomic E-state index is 8.71. The molecule has 0 aliphatic rings. The van der Waals surface area contributed by atoms with Crippen molar-refractivity contribution in [3.05, 3.63) is 0 Å². The zero-order valence-electron chi connectivity index (χ0n) is 9.08. The van der Waals surface area contributed by atoms with Gasteiger partial charge in [-0.05, 0) is 19.9 Å². The molecule has 0 bridgehead atoms. The molecule has 14 heavy (non-hydrogen) atoms. The van der Waals surface area contributed by atoms with E-state index in [9.17, 15) is 0 Å². The van der Waals surface area contributed by atoms with Crippen LogP contribution in [0.15, 0.2) is 0 Å². The van der Waals surface area contributed by atoms with Crippen molar-refractivity contribution in [2.75, 3.05) is 33.0 Å². The molecule has 0 spiro atoms. The molecule has 0 aliphatic carbocycles. The Bertz CT molecular complexity index is 157. The molecule has 0 aromatic rings. The summed E-state index contributed by atoms with van der Waals surface area (Å²) in [5.74, 6) is 0. The van der Waals surface area contributed by atoms with Crippen LogP contribution in [0, 0.1) is 11.3 Å². The number of nitrogens with zero attached hydrogens (tertiary/aromatic N) is 1. The minimum absolute atomic E-state index is 0.0907. The third kappa shape index (κ3) is 7.99. The third-order valence-electron chi connectivity index (χ3n) is 1.73. The molecule has 0 fully saturated rings. The molecule has 0 saturated heterocycles. The van der Waals surface area contributed by atoms with E-state index in [1.807, 2.05) is 13.8 Å². The Labute approximate surface area is 86.2 Å². The average molecular weight is 200 g/mol. The van der Waals surface area contributed by atoms with Crippen molar-refractivity contribution < 1.29 is 9.47 Å². The lowest BCUT2D eigenvalue weighted by atomic mass is 10.2. The van der Waals surface area contributed by atoms with E-state index in [4.69, 9.17) is 14.7 Å². The van der Waals surface area contributed by atoms with Crippen LogP contribution < -0.4 is 5.32 Å². The maximum absolute atomic E-state index is 8.71. The zero-order chi connectivity index (χ0) is 10.6. The van der Waals surface area contributed by atoms with Gasteiger partial charge in [0.25, 0.3) is 0 Å². The Morgan fingerprint density at radius 1 is 1.21 bits per heavy atom. The number of hydrogen-bond donors (Lipinski definition) is 1. The van der Waals surface area contributed by atoms with Crippen LogP contribution in [0.25, 0.3) is 0 Å². The monoisotopic (exact) mass is 200 g/mol. The Balaban J connectivity index is 3.21. The van der Waals surface area contributed by atoms with Crippen molar-refractivity contribution in [2.24, 2.45) is 0 Å². The highest BCUT2D eigenvalue weighted by Crippen LogP contribution is 1.91. The maximum Gasteiger partial charge on any atom is 0.0974 e. The number of nitrogens with one attached hydrogen (secondary N) is 1. The van der Waals surface area contributed by atoms with Crippen LogP contribution in [-0.4, -0.2) is 39.0 Å². The van der Waals surface area contributed by atoms with Gasteiger partial charge in [-0.2, -0.15) is 5.26 Å². The topological polar surface area (TPSA) is 54.3 Å². The van der Waals surface area contributed by atoms with Gasteiger partial charge in [0.1, 0.15) is 0 Å². The van der Waals surface area contributed by atoms with E-state index >= 15 is 0 Å². The van der Waals surface area contributed by atoms with Gasteiger partial charge in [0.2, 0.25) is 0 Å². The molecule has 0 amide bonds. The summed E-state index contributed by atoms with van der Waals surface area (Å²) >= 11 is 0. The van der Waals surface area contributed by atoms with E-state index in [1.165, 1.54) is 0 Å². The molecule has 0 saturated carbocycles. The molecule has 0 aromatic heterocycles. The van der Waals surface area contributed by atoms with E-state index in [0.717, 1.165) is 19.6 Å². The second-order valence-corrected chi connectivity index (χ2v) is 2.84. The summed E-state index contributed by atoms with van der Waals surface area (Å²) in [4.78, 5) is 0. The standard InChI is InChI=1S/C10H20N2O2/c1-3-12-10(9-11)5-6-14-8-7-13-4-2/h10,12H,3-8H2,1-2H3. The van der Waals surface area contributed by atoms with Gasteiger partial charge in [-0.1, -0.05) is 6.92 Å². The van der Waals surface area contributed by atoms with Gasteiger partial charge in [0.05, 0.1) is 25.3 Å². The van der Waals surface area contributed by atoms with Crippen LogP contribution >= 0.6 is 0 Å². The summed E-state index contributed by atoms with van der Waals surface area (Å²) in [7, 11) is 0. The molecule has 0 aliphatic heterocycles. The summed E-state index contributed by atoms with van der Waals surface area (Å²) in [6.07, 6.45) is 0.733. The second kappa shape index (κ2) is 10.5. The van der Waals surface area contributed by atoms with Gasteiger partial charge in [-0.15, -0.1) is 0 Å². The highest BCUT2D eigenvalue weighted by atomic mass is 16.5. The predicted molar refractivity (Wildman–Crippen MR) is 55.0 cm³/mol. The van der Waals surface area contributed by atoms with E-state index in [-0.39, 0.29) is 6.04 Å². The molecule has 0 heterocycles. The van der Waals surface area contributed by atoms with Crippen molar-refractivity contribution in [2.45, 2.75) is 26.3 Å². The Morgan fingerprint density at radius 3 is 2.50 bits per heavy atom. The predicted octanol–water partition coefficient (Wildman–Crippen LogP) is 0.931. The number of ether oxygens (including phenoxy) is 2. The van der Waals surface area contributed by atoms with E-state index in [2.05, 4.69) is 11.4 Å². The summed E-state index contributed by atoms with van der Waals surface area (Å²) in [6, 6.07) is 2.09. The normalized spacial score (nSPS) is 12.4. The van der Waals surface area contributed by atoms with Crippen molar-refractivity contribution in [1.82, 2.24) is 5.32 Å². The van der Waals surface area contributed by atoms with Crippen LogP contribution in [0.1, 0.15) is 20.3 Å². The number of hydrogen-bond acceptors (Lipinski definition) is 4. The summed E-state index contributed by atoms with van der Waals surface area (Å²) < 4.78 is 10.4. The van der Waals surface area contributed by atoms with Crippen molar-refractivity contribution in [3.63, 3.8) is 0 Å². The highest BCUT2D eigenvalue weighted by Gasteiger charge is 2.03. The highest BCUT2D eigenvalue weighted by molar-refractivity contribution is 4.88. The van der Waals surface area contributed by atoms with Crippen LogP contribution in [-0.2, 0) is 9.47 Å². The van der Waals surface area contributed by atoms with Crippen molar-refractivity contribution in [1.29, 1.82) is 5.26 Å². The quantitative estimate of drug-likeness (QED) is 0.563. The molecule has 1 unspecified atom stereocenters. The van der Waals surface area contributed by atoms with E-state index in [1.54, 1.807) is 0 Å². The van der Waals surface area contributed by atoms with E-state index < -0.39 is 0 Å². The summed E-state index contributed by atoms with van der Waals surface area (Å²) in [5.41, 5.74) is 0. The average Bonchev–Trinajstić information content (AvgIpc) is 2.21. The molecule has 1 atom stereocenters. The molecule has 82 valence electrons. The molecule has 1 N–H and O–H groups in total. The van der Waals surface area contributed by atoms with E-state index in [0.29, 0.717) is 19.8 Å². The number of nitriles is 1. The summed E-state index contributed by atoms with van der Waals surface area (Å²) in [5, 5.41) is 11.8. The molecular weight excluding hydrogens is 180 g/mol. The first-order chi connectivity index (χ1) is 6.85. The Kier molecular flexibility index (Phi) is 9.98. The van der Waals surface area contributed by atoms with Crippen molar-refractivity contribution >= 4 is 0 Å². The zero-order valence-corrected chi connectivity index (χ0v) is 9.08. The fourth-order valence-corrected chi connectivity index (χ4v) is 1.02. The van der Waals surface area contributed by atoms with Gasteiger partial charge < -0.3 is 14.8 Å². The largest absolute Gasteiger partial charge is 0.379 e. The lowest BCUT2D eigenvalue weighted by Crippen LogP contribution is -2.28. The lowest BCUT2D eigenvalue weighted by molar-refractivity contribution is 0.0506. The smallest absolute Gasteiger partial charge is 0.0974 e. The second-order valence-electron chi connectivity index (χ2n) is 2.84. The first-order valence-electron chi connectivity index (χ1n) is 5.13. The van der Waals surface area contributed by atoms with Gasteiger partial charge in [-0.3, -0.25) is 0 Å². The first kappa shape index (κ1) is 13.4. The minimum Gasteiger partial charge on any atom is -0.379 e. The third-order valence-corrected chi connectivity index (χ3v) is 1.73. The fraction of sp³-hybridized carbons (Fsp3) is 0.900. The van der Waals surface area contributed by atoms with Gasteiger partial charge in [0, 0.05) is 13.2 Å². The molecule has 0 rings (SSSR count). The minimum atomic E-state index is -0.0907. The Morgan fingerprint density at radius 2 is 1.93 bits per heavy atom. The number of rotatable bonds is 9. The van der Waals surface area contributed by atoms with Crippen LogP contribution in [0.5, 0.6) is 0 Å².